The van der Waals surface area contributed by atoms with Gasteiger partial charge in [-0.05, 0) is 6.42 Å². The Labute approximate surface area is 92.3 Å². The van der Waals surface area contributed by atoms with Gasteiger partial charge in [0, 0.05) is 30.6 Å². The molecule has 0 aromatic carbocycles. The van der Waals surface area contributed by atoms with Gasteiger partial charge >= 0.3 is 0 Å². The molecule has 0 radical (unpaired) electrons. The fourth-order valence-electron chi connectivity index (χ4n) is 2.54. The van der Waals surface area contributed by atoms with Crippen molar-refractivity contribution >= 4 is 17.2 Å². The fraction of sp³-hybridized carbons (Fsp3) is 0.600. The van der Waals surface area contributed by atoms with E-state index in [9.17, 15) is 4.79 Å². The first kappa shape index (κ1) is 9.30. The lowest BCUT2D eigenvalue weighted by Gasteiger charge is -2.36. The minimum Gasteiger partial charge on any atom is -0.336 e. The van der Waals surface area contributed by atoms with E-state index in [2.05, 4.69) is 10.3 Å². The predicted molar refractivity (Wildman–Crippen MR) is 57.6 cm³/mol. The van der Waals surface area contributed by atoms with Crippen molar-refractivity contribution in [2.24, 2.45) is 0 Å². The Morgan fingerprint density at radius 3 is 3.33 bits per heavy atom. The Bertz CT molecular complexity index is 365. The van der Waals surface area contributed by atoms with Crippen LogP contribution in [0.25, 0.3) is 0 Å². The third-order valence-corrected chi connectivity index (χ3v) is 4.09. The first-order chi connectivity index (χ1) is 7.36. The smallest absolute Gasteiger partial charge is 0.223 e. The number of carbonyl (C=O) groups excluding carboxylic acids is 1. The zero-order chi connectivity index (χ0) is 10.3. The van der Waals surface area contributed by atoms with Gasteiger partial charge in [0.05, 0.1) is 17.6 Å². The maximum Gasteiger partial charge on any atom is 0.223 e. The highest BCUT2D eigenvalue weighted by Crippen LogP contribution is 2.33. The molecule has 2 aliphatic rings. The van der Waals surface area contributed by atoms with Gasteiger partial charge in [-0.2, -0.15) is 0 Å². The molecule has 4 nitrogen and oxygen atoms in total. The summed E-state index contributed by atoms with van der Waals surface area (Å²) in [6, 6.07) is 0.657. The zero-order valence-electron chi connectivity index (χ0n) is 8.35. The molecule has 3 heterocycles. The molecule has 1 aromatic heterocycles. The van der Waals surface area contributed by atoms with Crippen molar-refractivity contribution in [2.75, 3.05) is 13.1 Å². The summed E-state index contributed by atoms with van der Waals surface area (Å²) in [4.78, 5) is 19.0. The van der Waals surface area contributed by atoms with Crippen LogP contribution in [0, 0.1) is 0 Å². The molecule has 1 amide bonds. The van der Waals surface area contributed by atoms with Gasteiger partial charge < -0.3 is 10.2 Å². The van der Waals surface area contributed by atoms with Gasteiger partial charge in [0.2, 0.25) is 5.91 Å². The number of piperazine rings is 1. The molecule has 1 N–H and O–H groups in total. The van der Waals surface area contributed by atoms with E-state index in [1.165, 1.54) is 4.88 Å². The molecule has 5 heteroatoms. The predicted octanol–water partition coefficient (Wildman–Crippen LogP) is 0.778. The largest absolute Gasteiger partial charge is 0.336 e. The number of aromatic nitrogens is 1. The normalized spacial score (nSPS) is 30.7. The molecule has 2 atom stereocenters. The Hall–Kier alpha value is -0.940. The zero-order valence-corrected chi connectivity index (χ0v) is 9.17. The van der Waals surface area contributed by atoms with Crippen LogP contribution in [-0.2, 0) is 4.79 Å². The standard InChI is InChI=1S/C10H13N3OS/c14-9-2-1-7-10(8-5-11-6-15-8)12-3-4-13(7)9/h5-7,10,12H,1-4H2/t7-,10+/m0/s1. The molecular weight excluding hydrogens is 210 g/mol. The molecule has 80 valence electrons. The van der Waals surface area contributed by atoms with E-state index in [0.717, 1.165) is 19.5 Å². The summed E-state index contributed by atoms with van der Waals surface area (Å²) < 4.78 is 0. The van der Waals surface area contributed by atoms with Crippen molar-refractivity contribution in [1.82, 2.24) is 15.2 Å². The molecule has 3 rings (SSSR count). The van der Waals surface area contributed by atoms with Crippen LogP contribution in [0.1, 0.15) is 23.8 Å². The molecular formula is C10H13N3OS. The second-order valence-electron chi connectivity index (χ2n) is 4.03. The van der Waals surface area contributed by atoms with E-state index < -0.39 is 0 Å². The first-order valence-corrected chi connectivity index (χ1v) is 6.15. The van der Waals surface area contributed by atoms with Crippen molar-refractivity contribution in [3.8, 4) is 0 Å². The van der Waals surface area contributed by atoms with Gasteiger partial charge in [0.1, 0.15) is 0 Å². The van der Waals surface area contributed by atoms with E-state index in [1.54, 1.807) is 11.3 Å². The number of hydrogen-bond acceptors (Lipinski definition) is 4. The van der Waals surface area contributed by atoms with Crippen LogP contribution < -0.4 is 5.32 Å². The molecule has 15 heavy (non-hydrogen) atoms. The number of hydrogen-bond donors (Lipinski definition) is 1. The van der Waals surface area contributed by atoms with Crippen molar-refractivity contribution in [3.05, 3.63) is 16.6 Å². The molecule has 0 unspecified atom stereocenters. The van der Waals surface area contributed by atoms with Crippen LogP contribution >= 0.6 is 11.3 Å². The Morgan fingerprint density at radius 2 is 2.53 bits per heavy atom. The lowest BCUT2D eigenvalue weighted by molar-refractivity contribution is -0.130. The summed E-state index contributed by atoms with van der Waals surface area (Å²) in [5.41, 5.74) is 1.85. The highest BCUT2D eigenvalue weighted by Gasteiger charge is 2.39. The van der Waals surface area contributed by atoms with Gasteiger partial charge in [-0.3, -0.25) is 9.78 Å². The summed E-state index contributed by atoms with van der Waals surface area (Å²) in [6.07, 6.45) is 3.60. The first-order valence-electron chi connectivity index (χ1n) is 5.27. The molecule has 2 aliphatic heterocycles. The molecule has 0 aliphatic carbocycles. The van der Waals surface area contributed by atoms with Crippen LogP contribution in [0.4, 0.5) is 0 Å². The van der Waals surface area contributed by atoms with Gasteiger partial charge in [-0.1, -0.05) is 0 Å². The number of rotatable bonds is 1. The van der Waals surface area contributed by atoms with Crippen LogP contribution in [0.2, 0.25) is 0 Å². The summed E-state index contributed by atoms with van der Waals surface area (Å²) in [6.45, 7) is 1.75. The van der Waals surface area contributed by atoms with Gasteiger partial charge in [0.25, 0.3) is 0 Å². The lowest BCUT2D eigenvalue weighted by Crippen LogP contribution is -2.51. The SMILES string of the molecule is O=C1CC[C@H]2[C@H](c3cncs3)NCCN12. The summed E-state index contributed by atoms with van der Waals surface area (Å²) >= 11 is 1.67. The number of thiazole rings is 1. The number of fused-ring (bicyclic) bond motifs is 1. The molecule has 2 fully saturated rings. The maximum absolute atomic E-state index is 11.6. The topological polar surface area (TPSA) is 45.2 Å². The maximum atomic E-state index is 11.6. The van der Waals surface area contributed by atoms with E-state index in [4.69, 9.17) is 0 Å². The Balaban J connectivity index is 1.88. The number of nitrogens with zero attached hydrogens (tertiary/aromatic N) is 2. The van der Waals surface area contributed by atoms with Crippen LogP contribution in [0.15, 0.2) is 11.7 Å². The van der Waals surface area contributed by atoms with E-state index >= 15 is 0 Å². The third kappa shape index (κ3) is 1.46. The quantitative estimate of drug-likeness (QED) is 0.765. The highest BCUT2D eigenvalue weighted by molar-refractivity contribution is 7.09. The lowest BCUT2D eigenvalue weighted by atomic mass is 10.0. The summed E-state index contributed by atoms with van der Waals surface area (Å²) in [5, 5.41) is 3.49. The van der Waals surface area contributed by atoms with E-state index in [1.807, 2.05) is 16.6 Å². The van der Waals surface area contributed by atoms with E-state index in [0.29, 0.717) is 24.4 Å². The minimum atomic E-state index is 0.303. The van der Waals surface area contributed by atoms with E-state index in [-0.39, 0.29) is 0 Å². The van der Waals surface area contributed by atoms with Gasteiger partial charge in [0.15, 0.2) is 0 Å². The highest BCUT2D eigenvalue weighted by atomic mass is 32.1. The monoisotopic (exact) mass is 223 g/mol. The second-order valence-corrected chi connectivity index (χ2v) is 4.95. The molecule has 0 saturated carbocycles. The average Bonchev–Trinajstić information content (AvgIpc) is 2.88. The Kier molecular flexibility index (Phi) is 2.21. The number of carbonyl (C=O) groups is 1. The summed E-state index contributed by atoms with van der Waals surface area (Å²) in [5.74, 6) is 0.316. The summed E-state index contributed by atoms with van der Waals surface area (Å²) in [7, 11) is 0. The fourth-order valence-corrected chi connectivity index (χ4v) is 3.29. The molecule has 2 saturated heterocycles. The molecule has 0 spiro atoms. The number of nitrogens with one attached hydrogen (secondary N) is 1. The number of amides is 1. The van der Waals surface area contributed by atoms with Gasteiger partial charge in [-0.25, -0.2) is 0 Å². The third-order valence-electron chi connectivity index (χ3n) is 3.23. The minimum absolute atomic E-state index is 0.303. The van der Waals surface area contributed by atoms with Crippen molar-refractivity contribution in [1.29, 1.82) is 0 Å². The van der Waals surface area contributed by atoms with Crippen LogP contribution in [0.5, 0.6) is 0 Å². The van der Waals surface area contributed by atoms with Gasteiger partial charge in [-0.15, -0.1) is 11.3 Å². The van der Waals surface area contributed by atoms with Crippen molar-refractivity contribution in [3.63, 3.8) is 0 Å². The molecule has 0 bridgehead atoms. The van der Waals surface area contributed by atoms with Crippen molar-refractivity contribution in [2.45, 2.75) is 24.9 Å². The van der Waals surface area contributed by atoms with Crippen molar-refractivity contribution < 1.29 is 4.79 Å². The second kappa shape index (κ2) is 3.57. The average molecular weight is 223 g/mol. The Morgan fingerprint density at radius 1 is 1.60 bits per heavy atom. The van der Waals surface area contributed by atoms with Crippen LogP contribution in [0.3, 0.4) is 0 Å². The van der Waals surface area contributed by atoms with Crippen LogP contribution in [-0.4, -0.2) is 34.9 Å². The molecule has 1 aromatic rings.